The zero-order valence-electron chi connectivity index (χ0n) is 19.7. The number of Topliss-reactive ketones (excluding diaryl/α,β-unsaturated/α-hetero) is 3. The fourth-order valence-corrected chi connectivity index (χ4v) is 5.85. The van der Waals surface area contributed by atoms with Crippen LogP contribution in [0.3, 0.4) is 0 Å². The largest absolute Gasteiger partial charge is 0.508 e. The highest BCUT2D eigenvalue weighted by atomic mass is 16.3. The second-order valence-electron chi connectivity index (χ2n) is 9.76. The SMILES string of the molecule is CC(=O)CCc1ccc(O)c2c1CC1C[C@H]3[C@H](N(C)C)C(=O)C(C(N)=O)=C(O)[C@@]3(O)C(=O)C1=C2O. The number of aryl methyl sites for hydroxylation is 1. The van der Waals surface area contributed by atoms with Gasteiger partial charge in [0.2, 0.25) is 5.78 Å². The van der Waals surface area contributed by atoms with Gasteiger partial charge >= 0.3 is 0 Å². The Hall–Kier alpha value is -3.50. The van der Waals surface area contributed by atoms with Crippen LogP contribution in [0.4, 0.5) is 0 Å². The summed E-state index contributed by atoms with van der Waals surface area (Å²) in [4.78, 5) is 51.8. The van der Waals surface area contributed by atoms with Gasteiger partial charge in [-0.2, -0.15) is 0 Å². The van der Waals surface area contributed by atoms with E-state index in [1.54, 1.807) is 20.2 Å². The minimum Gasteiger partial charge on any atom is -0.508 e. The van der Waals surface area contributed by atoms with Crippen molar-refractivity contribution in [2.24, 2.45) is 17.6 Å². The molecule has 0 spiro atoms. The highest BCUT2D eigenvalue weighted by molar-refractivity contribution is 6.24. The first-order valence-corrected chi connectivity index (χ1v) is 11.3. The smallest absolute Gasteiger partial charge is 0.255 e. The van der Waals surface area contributed by atoms with E-state index in [-0.39, 0.29) is 41.9 Å². The van der Waals surface area contributed by atoms with Gasteiger partial charge in [-0.15, -0.1) is 0 Å². The third-order valence-electron chi connectivity index (χ3n) is 7.45. The molecule has 1 amide bonds. The predicted octanol–water partition coefficient (Wildman–Crippen LogP) is 0.486. The minimum absolute atomic E-state index is 0.0214. The van der Waals surface area contributed by atoms with Crippen molar-refractivity contribution in [3.05, 3.63) is 45.7 Å². The highest BCUT2D eigenvalue weighted by Crippen LogP contribution is 2.52. The Bertz CT molecular complexity index is 1240. The molecule has 0 aromatic heterocycles. The minimum atomic E-state index is -2.66. The first kappa shape index (κ1) is 24.6. The number of aliphatic hydroxyl groups excluding tert-OH is 2. The Kier molecular flexibility index (Phi) is 5.85. The quantitative estimate of drug-likeness (QED) is 0.372. The molecule has 4 rings (SSSR count). The second-order valence-corrected chi connectivity index (χ2v) is 9.76. The third kappa shape index (κ3) is 3.47. The van der Waals surface area contributed by atoms with Gasteiger partial charge in [0.25, 0.3) is 5.91 Å². The monoisotopic (exact) mass is 484 g/mol. The number of phenols is 1. The summed E-state index contributed by atoms with van der Waals surface area (Å²) in [5.74, 6) is -6.85. The molecule has 3 aliphatic carbocycles. The van der Waals surface area contributed by atoms with Crippen LogP contribution < -0.4 is 5.73 Å². The lowest BCUT2D eigenvalue weighted by Gasteiger charge is -2.50. The van der Waals surface area contributed by atoms with Crippen LogP contribution in [0.25, 0.3) is 5.76 Å². The van der Waals surface area contributed by atoms with Crippen molar-refractivity contribution in [2.75, 3.05) is 14.1 Å². The molecule has 4 atom stereocenters. The lowest BCUT2D eigenvalue weighted by molar-refractivity contribution is -0.153. The average molecular weight is 485 g/mol. The van der Waals surface area contributed by atoms with Crippen molar-refractivity contribution >= 4 is 29.0 Å². The Balaban J connectivity index is 1.93. The lowest BCUT2D eigenvalue weighted by Crippen LogP contribution is -2.65. The molecule has 0 aliphatic heterocycles. The van der Waals surface area contributed by atoms with Gasteiger partial charge in [-0.1, -0.05) is 6.07 Å². The van der Waals surface area contributed by atoms with Gasteiger partial charge in [0.1, 0.15) is 28.6 Å². The number of benzene rings is 1. The van der Waals surface area contributed by atoms with Crippen LogP contribution in [-0.4, -0.2) is 74.3 Å². The summed E-state index contributed by atoms with van der Waals surface area (Å²) in [6.45, 7) is 1.46. The summed E-state index contributed by atoms with van der Waals surface area (Å²) in [5, 5.41) is 44.0. The van der Waals surface area contributed by atoms with Gasteiger partial charge < -0.3 is 31.0 Å². The summed E-state index contributed by atoms with van der Waals surface area (Å²) in [6.07, 6.45) is 0.856. The number of carbonyl (C=O) groups excluding carboxylic acids is 4. The summed E-state index contributed by atoms with van der Waals surface area (Å²) < 4.78 is 0. The van der Waals surface area contributed by atoms with E-state index in [9.17, 15) is 39.6 Å². The lowest BCUT2D eigenvalue weighted by atomic mass is 9.57. The number of hydrogen-bond acceptors (Lipinski definition) is 9. The van der Waals surface area contributed by atoms with Crippen molar-refractivity contribution < 1.29 is 39.6 Å². The molecule has 10 nitrogen and oxygen atoms in total. The van der Waals surface area contributed by atoms with Gasteiger partial charge in [0, 0.05) is 17.9 Å². The molecule has 0 heterocycles. The van der Waals surface area contributed by atoms with E-state index in [1.807, 2.05) is 0 Å². The molecular weight excluding hydrogens is 456 g/mol. The van der Waals surface area contributed by atoms with Crippen molar-refractivity contribution in [1.82, 2.24) is 4.90 Å². The highest BCUT2D eigenvalue weighted by Gasteiger charge is 2.64. The van der Waals surface area contributed by atoms with Crippen LogP contribution in [0.1, 0.15) is 36.5 Å². The molecule has 1 aromatic rings. The topological polar surface area (TPSA) is 178 Å². The summed E-state index contributed by atoms with van der Waals surface area (Å²) in [7, 11) is 3.09. The first-order valence-electron chi connectivity index (χ1n) is 11.3. The van der Waals surface area contributed by atoms with Crippen LogP contribution in [0.2, 0.25) is 0 Å². The average Bonchev–Trinajstić information content (AvgIpc) is 2.75. The van der Waals surface area contributed by atoms with Gasteiger partial charge in [0.05, 0.1) is 11.6 Å². The van der Waals surface area contributed by atoms with E-state index >= 15 is 0 Å². The molecule has 186 valence electrons. The molecule has 35 heavy (non-hydrogen) atoms. The number of nitrogens with two attached hydrogens (primary N) is 1. The van der Waals surface area contributed by atoms with Crippen LogP contribution in [0, 0.1) is 11.8 Å². The van der Waals surface area contributed by atoms with E-state index in [1.165, 1.54) is 17.9 Å². The number of aromatic hydroxyl groups is 1. The van der Waals surface area contributed by atoms with E-state index < -0.39 is 58.0 Å². The van der Waals surface area contributed by atoms with Crippen LogP contribution in [0.5, 0.6) is 5.75 Å². The van der Waals surface area contributed by atoms with Crippen molar-refractivity contribution in [3.63, 3.8) is 0 Å². The zero-order valence-corrected chi connectivity index (χ0v) is 19.7. The normalized spacial score (nSPS) is 28.1. The van der Waals surface area contributed by atoms with Crippen molar-refractivity contribution in [3.8, 4) is 5.75 Å². The van der Waals surface area contributed by atoms with E-state index in [0.717, 1.165) is 5.56 Å². The number of rotatable bonds is 5. The van der Waals surface area contributed by atoms with Crippen LogP contribution in [-0.2, 0) is 32.0 Å². The third-order valence-corrected chi connectivity index (χ3v) is 7.45. The first-order chi connectivity index (χ1) is 16.3. The van der Waals surface area contributed by atoms with E-state index in [4.69, 9.17) is 5.73 Å². The maximum Gasteiger partial charge on any atom is 0.255 e. The molecule has 3 aliphatic rings. The summed E-state index contributed by atoms with van der Waals surface area (Å²) >= 11 is 0. The number of hydrogen-bond donors (Lipinski definition) is 5. The molecule has 0 bridgehead atoms. The number of phenolic OH excluding ortho intramolecular Hbond substituents is 1. The number of carbonyl (C=O) groups is 4. The van der Waals surface area contributed by atoms with Gasteiger partial charge in [-0.3, -0.25) is 19.3 Å². The fourth-order valence-electron chi connectivity index (χ4n) is 5.85. The predicted molar refractivity (Wildman–Crippen MR) is 123 cm³/mol. The fraction of sp³-hybridized carbons (Fsp3) is 0.440. The zero-order chi connectivity index (χ0) is 26.0. The molecular formula is C25H28N2O8. The number of ketones is 3. The molecule has 6 N–H and O–H groups in total. The number of nitrogens with zero attached hydrogens (tertiary/aromatic N) is 1. The molecule has 1 saturated carbocycles. The number of fused-ring (bicyclic) bond motifs is 3. The van der Waals surface area contributed by atoms with Crippen molar-refractivity contribution in [1.29, 1.82) is 0 Å². The number of primary amides is 1. The van der Waals surface area contributed by atoms with Crippen molar-refractivity contribution in [2.45, 2.75) is 44.2 Å². The molecule has 0 radical (unpaired) electrons. The second kappa shape index (κ2) is 8.31. The molecule has 1 aromatic carbocycles. The molecule has 1 fully saturated rings. The Morgan fingerprint density at radius 3 is 2.40 bits per heavy atom. The number of amides is 1. The van der Waals surface area contributed by atoms with Crippen LogP contribution in [0.15, 0.2) is 29.0 Å². The molecule has 10 heteroatoms. The van der Waals surface area contributed by atoms with Gasteiger partial charge in [0.15, 0.2) is 11.4 Å². The summed E-state index contributed by atoms with van der Waals surface area (Å²) in [5.41, 5.74) is 2.95. The standard InChI is InChI=1S/C25H28N2O8/c1-10(28)4-5-11-6-7-15(29)17-13(11)8-12-9-14-19(27(2)3)21(31)18(24(26)34)23(33)25(14,35)22(32)16(12)20(17)30/h6-7,12,14,19,29-30,33,35H,4-5,8-9H2,1-3H3,(H2,26,34)/t12?,14-,19-,25-/m0/s1. The van der Waals surface area contributed by atoms with Crippen LogP contribution >= 0.6 is 0 Å². The van der Waals surface area contributed by atoms with E-state index in [0.29, 0.717) is 12.0 Å². The number of aliphatic hydroxyl groups is 3. The van der Waals surface area contributed by atoms with Gasteiger partial charge in [-0.05, 0) is 63.4 Å². The maximum atomic E-state index is 13.7. The van der Waals surface area contributed by atoms with Gasteiger partial charge in [-0.25, -0.2) is 0 Å². The Labute approximate surface area is 201 Å². The Morgan fingerprint density at radius 2 is 1.83 bits per heavy atom. The number of likely N-dealkylation sites (N-methyl/N-ethyl adjacent to an activating group) is 1. The van der Waals surface area contributed by atoms with E-state index in [2.05, 4.69) is 0 Å². The summed E-state index contributed by atoms with van der Waals surface area (Å²) in [6, 6.07) is 1.89. The Morgan fingerprint density at radius 1 is 1.17 bits per heavy atom. The molecule has 1 unspecified atom stereocenters. The molecule has 0 saturated heterocycles. The maximum absolute atomic E-state index is 13.7.